The Bertz CT molecular complexity index is 4300. The van der Waals surface area contributed by atoms with Crippen molar-refractivity contribution in [2.75, 3.05) is 4.90 Å². The standard InChI is InChI=1S/C68H43NO/c1-2-15-44(16-3-1)45-29-31-46(32-30-45)48-18-14-19-52(41-48)69(51-36-33-47(34-37-51)49-35-38-60-57-24-8-7-22-55(57)56-23-9-11-26-59(56)63(60)42-49)65-40-39-61(68-67(65)62-27-12-13-28-66(62)70-68)64-43-50-17-4-5-20-53(50)54-21-6-10-25-58(54)64/h1-43H. The molecule has 1 aromatic heterocycles. The number of hydrogen-bond acceptors (Lipinski definition) is 2. The molecule has 14 rings (SSSR count). The summed E-state index contributed by atoms with van der Waals surface area (Å²) in [6.07, 6.45) is 0. The normalized spacial score (nSPS) is 11.7. The van der Waals surface area contributed by atoms with Crippen LogP contribution in [0.15, 0.2) is 265 Å². The Hall–Kier alpha value is -9.24. The lowest BCUT2D eigenvalue weighted by atomic mass is 9.91. The Kier molecular flexibility index (Phi) is 9.25. The smallest absolute Gasteiger partial charge is 0.145 e. The number of anilines is 3. The summed E-state index contributed by atoms with van der Waals surface area (Å²) in [5, 5.41) is 14.7. The Morgan fingerprint density at radius 3 is 1.44 bits per heavy atom. The first kappa shape index (κ1) is 39.9. The molecule has 14 aromatic rings. The molecule has 0 bridgehead atoms. The molecule has 1 heterocycles. The first-order chi connectivity index (χ1) is 34.7. The fourth-order valence-corrected chi connectivity index (χ4v) is 11.1. The third kappa shape index (κ3) is 6.49. The number of para-hydroxylation sites is 1. The number of nitrogens with zero attached hydrogens (tertiary/aromatic N) is 1. The van der Waals surface area contributed by atoms with Crippen LogP contribution in [-0.4, -0.2) is 0 Å². The van der Waals surface area contributed by atoms with Gasteiger partial charge in [-0.2, -0.15) is 0 Å². The van der Waals surface area contributed by atoms with Crippen molar-refractivity contribution in [1.29, 1.82) is 0 Å². The van der Waals surface area contributed by atoms with Gasteiger partial charge in [-0.15, -0.1) is 0 Å². The van der Waals surface area contributed by atoms with Gasteiger partial charge in [0.05, 0.1) is 11.1 Å². The Morgan fingerprint density at radius 2 is 0.743 bits per heavy atom. The molecule has 0 fully saturated rings. The lowest BCUT2D eigenvalue weighted by molar-refractivity contribution is 0.670. The van der Waals surface area contributed by atoms with Gasteiger partial charge in [-0.05, 0) is 147 Å². The highest BCUT2D eigenvalue weighted by Gasteiger charge is 2.24. The SMILES string of the molecule is c1ccc(-c2ccc(-c3cccc(N(c4ccc(-c5ccc6c7ccccc7c7ccccc7c6c5)cc4)c4ccc(-c5cc6ccccc6c6ccccc56)c5oc6ccccc6c45)c3)cc2)cc1. The van der Waals surface area contributed by atoms with E-state index in [9.17, 15) is 0 Å². The molecule has 0 saturated carbocycles. The summed E-state index contributed by atoms with van der Waals surface area (Å²) >= 11 is 0. The topological polar surface area (TPSA) is 16.4 Å². The molecule has 0 saturated heterocycles. The quantitative estimate of drug-likeness (QED) is 0.148. The van der Waals surface area contributed by atoms with E-state index in [0.29, 0.717) is 0 Å². The van der Waals surface area contributed by atoms with Gasteiger partial charge in [0.2, 0.25) is 0 Å². The molecular weight excluding hydrogens is 847 g/mol. The lowest BCUT2D eigenvalue weighted by Crippen LogP contribution is -2.10. The van der Waals surface area contributed by atoms with E-state index in [4.69, 9.17) is 4.42 Å². The van der Waals surface area contributed by atoms with Gasteiger partial charge < -0.3 is 9.32 Å². The van der Waals surface area contributed by atoms with Crippen molar-refractivity contribution >= 4 is 92.9 Å². The molecule has 0 aliphatic rings. The molecule has 2 nitrogen and oxygen atoms in total. The van der Waals surface area contributed by atoms with E-state index in [0.717, 1.165) is 66.8 Å². The molecule has 70 heavy (non-hydrogen) atoms. The minimum Gasteiger partial charge on any atom is -0.455 e. The molecule has 0 spiro atoms. The van der Waals surface area contributed by atoms with Gasteiger partial charge in [0.15, 0.2) is 0 Å². The van der Waals surface area contributed by atoms with E-state index < -0.39 is 0 Å². The zero-order chi connectivity index (χ0) is 46.1. The van der Waals surface area contributed by atoms with Crippen LogP contribution in [0.25, 0.3) is 120 Å². The van der Waals surface area contributed by atoms with E-state index in [-0.39, 0.29) is 0 Å². The summed E-state index contributed by atoms with van der Waals surface area (Å²) < 4.78 is 7.04. The number of hydrogen-bond donors (Lipinski definition) is 0. The van der Waals surface area contributed by atoms with Crippen molar-refractivity contribution in [2.24, 2.45) is 0 Å². The van der Waals surface area contributed by atoms with E-state index in [1.165, 1.54) is 70.6 Å². The highest BCUT2D eigenvalue weighted by Crippen LogP contribution is 2.49. The molecular formula is C68H43NO. The predicted octanol–water partition coefficient (Wildman–Crippen LogP) is 19.5. The highest BCUT2D eigenvalue weighted by atomic mass is 16.3. The van der Waals surface area contributed by atoms with Gasteiger partial charge in [-0.25, -0.2) is 0 Å². The van der Waals surface area contributed by atoms with Crippen LogP contribution in [0.3, 0.4) is 0 Å². The maximum absolute atomic E-state index is 7.04. The lowest BCUT2D eigenvalue weighted by Gasteiger charge is -2.27. The molecule has 0 aliphatic heterocycles. The first-order valence-electron chi connectivity index (χ1n) is 24.1. The molecule has 326 valence electrons. The fourth-order valence-electron chi connectivity index (χ4n) is 11.1. The second-order valence-corrected chi connectivity index (χ2v) is 18.4. The second-order valence-electron chi connectivity index (χ2n) is 18.4. The summed E-state index contributed by atoms with van der Waals surface area (Å²) in [7, 11) is 0. The third-order valence-electron chi connectivity index (χ3n) is 14.4. The number of fused-ring (bicyclic) bond motifs is 12. The number of benzene rings is 13. The zero-order valence-corrected chi connectivity index (χ0v) is 38.2. The van der Waals surface area contributed by atoms with Gasteiger partial charge in [-0.1, -0.05) is 206 Å². The van der Waals surface area contributed by atoms with Crippen molar-refractivity contribution in [3.8, 4) is 44.5 Å². The van der Waals surface area contributed by atoms with Crippen molar-refractivity contribution < 1.29 is 4.42 Å². The van der Waals surface area contributed by atoms with Crippen molar-refractivity contribution in [2.45, 2.75) is 0 Å². The van der Waals surface area contributed by atoms with Gasteiger partial charge in [0.25, 0.3) is 0 Å². The van der Waals surface area contributed by atoms with Gasteiger partial charge in [0.1, 0.15) is 11.2 Å². The van der Waals surface area contributed by atoms with Crippen LogP contribution in [0.4, 0.5) is 17.1 Å². The Morgan fingerprint density at radius 1 is 0.257 bits per heavy atom. The van der Waals surface area contributed by atoms with Crippen LogP contribution < -0.4 is 4.90 Å². The highest BCUT2D eigenvalue weighted by molar-refractivity contribution is 6.26. The summed E-state index contributed by atoms with van der Waals surface area (Å²) in [6, 6.07) is 94.9. The Labute approximate surface area is 405 Å². The second kappa shape index (κ2) is 16.2. The van der Waals surface area contributed by atoms with Crippen molar-refractivity contribution in [1.82, 2.24) is 0 Å². The van der Waals surface area contributed by atoms with Gasteiger partial charge >= 0.3 is 0 Å². The molecule has 0 amide bonds. The summed E-state index contributed by atoms with van der Waals surface area (Å²) in [4.78, 5) is 2.41. The zero-order valence-electron chi connectivity index (χ0n) is 38.2. The van der Waals surface area contributed by atoms with Crippen LogP contribution in [0.1, 0.15) is 0 Å². The minimum absolute atomic E-state index is 0.857. The van der Waals surface area contributed by atoms with Gasteiger partial charge in [-0.3, -0.25) is 0 Å². The van der Waals surface area contributed by atoms with E-state index >= 15 is 0 Å². The van der Waals surface area contributed by atoms with E-state index in [1.54, 1.807) is 0 Å². The first-order valence-corrected chi connectivity index (χ1v) is 24.1. The molecule has 2 heteroatoms. The molecule has 0 N–H and O–H groups in total. The molecule has 0 aliphatic carbocycles. The summed E-state index contributed by atoms with van der Waals surface area (Å²) in [6.45, 7) is 0. The number of rotatable bonds is 7. The maximum atomic E-state index is 7.04. The van der Waals surface area contributed by atoms with Crippen molar-refractivity contribution in [3.05, 3.63) is 261 Å². The predicted molar refractivity (Wildman–Crippen MR) is 298 cm³/mol. The molecule has 0 atom stereocenters. The van der Waals surface area contributed by atoms with Crippen LogP contribution in [-0.2, 0) is 0 Å². The molecule has 13 aromatic carbocycles. The minimum atomic E-state index is 0.857. The molecule has 0 unspecified atom stereocenters. The average molecular weight is 890 g/mol. The largest absolute Gasteiger partial charge is 0.455 e. The van der Waals surface area contributed by atoms with Gasteiger partial charge in [0, 0.05) is 22.3 Å². The summed E-state index contributed by atoms with van der Waals surface area (Å²) in [5.74, 6) is 0. The van der Waals surface area contributed by atoms with Crippen LogP contribution in [0, 0.1) is 0 Å². The number of furan rings is 1. The monoisotopic (exact) mass is 889 g/mol. The van der Waals surface area contributed by atoms with Crippen LogP contribution in [0.2, 0.25) is 0 Å². The van der Waals surface area contributed by atoms with Crippen LogP contribution >= 0.6 is 0 Å². The van der Waals surface area contributed by atoms with E-state index in [1.807, 2.05) is 0 Å². The van der Waals surface area contributed by atoms with E-state index in [2.05, 4.69) is 266 Å². The van der Waals surface area contributed by atoms with Crippen LogP contribution in [0.5, 0.6) is 0 Å². The fraction of sp³-hybridized carbons (Fsp3) is 0. The summed E-state index contributed by atoms with van der Waals surface area (Å²) in [5.41, 5.74) is 14.1. The maximum Gasteiger partial charge on any atom is 0.145 e. The Balaban J connectivity index is 0.959. The molecule has 0 radical (unpaired) electrons. The van der Waals surface area contributed by atoms with Crippen molar-refractivity contribution in [3.63, 3.8) is 0 Å². The third-order valence-corrected chi connectivity index (χ3v) is 14.4. The average Bonchev–Trinajstić information content (AvgIpc) is 3.84.